The van der Waals surface area contributed by atoms with Crippen LogP contribution in [-0.4, -0.2) is 34.2 Å². The average molecular weight is 411 g/mol. The number of aromatic nitrogens is 1. The third kappa shape index (κ3) is 5.28. The fourth-order valence-corrected chi connectivity index (χ4v) is 2.72. The van der Waals surface area contributed by atoms with Gasteiger partial charge in [-0.1, -0.05) is 23.4 Å². The van der Waals surface area contributed by atoms with Crippen molar-refractivity contribution in [2.45, 2.75) is 39.8 Å². The van der Waals surface area contributed by atoms with Gasteiger partial charge in [0.05, 0.1) is 12.8 Å². The molecule has 8 nitrogen and oxygen atoms in total. The van der Waals surface area contributed by atoms with E-state index in [1.54, 1.807) is 29.2 Å². The minimum absolute atomic E-state index is 0.121. The summed E-state index contributed by atoms with van der Waals surface area (Å²) in [6, 6.07) is 12.2. The molecule has 1 aromatic carbocycles. The Morgan fingerprint density at radius 2 is 1.90 bits per heavy atom. The molecule has 0 radical (unpaired) electrons. The van der Waals surface area contributed by atoms with Crippen LogP contribution in [0, 0.1) is 0 Å². The Morgan fingerprint density at radius 1 is 1.13 bits per heavy atom. The molecule has 3 rings (SSSR count). The van der Waals surface area contributed by atoms with Crippen molar-refractivity contribution < 1.29 is 23.3 Å². The molecule has 158 valence electrons. The van der Waals surface area contributed by atoms with Crippen LogP contribution < -0.4 is 5.32 Å². The van der Waals surface area contributed by atoms with Gasteiger partial charge in [-0.25, -0.2) is 4.79 Å². The predicted molar refractivity (Wildman–Crippen MR) is 111 cm³/mol. The molecule has 0 aliphatic carbocycles. The number of furan rings is 1. The second kappa shape index (κ2) is 8.86. The van der Waals surface area contributed by atoms with E-state index in [0.29, 0.717) is 30.3 Å². The first-order valence-electron chi connectivity index (χ1n) is 9.64. The van der Waals surface area contributed by atoms with Crippen molar-refractivity contribution in [3.63, 3.8) is 0 Å². The number of carbonyl (C=O) groups is 2. The van der Waals surface area contributed by atoms with Gasteiger partial charge in [0.2, 0.25) is 5.76 Å². The monoisotopic (exact) mass is 411 g/mol. The summed E-state index contributed by atoms with van der Waals surface area (Å²) in [5, 5.41) is 6.64. The van der Waals surface area contributed by atoms with Crippen molar-refractivity contribution in [2.75, 3.05) is 11.9 Å². The van der Waals surface area contributed by atoms with Crippen molar-refractivity contribution >= 4 is 17.7 Å². The largest absolute Gasteiger partial charge is 0.461 e. The van der Waals surface area contributed by atoms with E-state index >= 15 is 0 Å². The van der Waals surface area contributed by atoms with E-state index < -0.39 is 17.6 Å². The number of carbonyl (C=O) groups excluding carboxylic acids is 2. The lowest BCUT2D eigenvalue weighted by Gasteiger charge is -2.27. The van der Waals surface area contributed by atoms with E-state index in [9.17, 15) is 9.59 Å². The van der Waals surface area contributed by atoms with Crippen LogP contribution in [0.3, 0.4) is 0 Å². The second-order valence-electron chi connectivity index (χ2n) is 7.66. The molecule has 1 N–H and O–H groups in total. The van der Waals surface area contributed by atoms with E-state index in [1.807, 2.05) is 39.8 Å². The number of hydrogen-bond donors (Lipinski definition) is 1. The van der Waals surface area contributed by atoms with Gasteiger partial charge in [0, 0.05) is 18.3 Å². The molecule has 2 aromatic heterocycles. The minimum atomic E-state index is -0.586. The standard InChI is InChI=1S/C22H25N3O5/c1-5-25(21(27)29-22(2,3)4)14-15-9-6-7-10-16(15)23-20(26)17-13-19(30-24-17)18-11-8-12-28-18/h6-13H,5,14H2,1-4H3,(H,23,26). The zero-order valence-corrected chi connectivity index (χ0v) is 17.5. The third-order valence-electron chi connectivity index (χ3n) is 4.17. The molecule has 0 fully saturated rings. The number of amides is 2. The van der Waals surface area contributed by atoms with Gasteiger partial charge >= 0.3 is 6.09 Å². The van der Waals surface area contributed by atoms with Gasteiger partial charge in [0.25, 0.3) is 5.91 Å². The lowest BCUT2D eigenvalue weighted by Crippen LogP contribution is -2.36. The van der Waals surface area contributed by atoms with Gasteiger partial charge in [-0.2, -0.15) is 0 Å². The molecule has 8 heteroatoms. The molecule has 0 spiro atoms. The Hall–Kier alpha value is -3.55. The molecule has 2 amide bonds. The average Bonchev–Trinajstić information content (AvgIpc) is 3.37. The highest BCUT2D eigenvalue weighted by molar-refractivity contribution is 6.03. The van der Waals surface area contributed by atoms with Gasteiger partial charge in [0.1, 0.15) is 5.60 Å². The van der Waals surface area contributed by atoms with Crippen molar-refractivity contribution in [2.24, 2.45) is 0 Å². The number of para-hydroxylation sites is 1. The first-order chi connectivity index (χ1) is 14.3. The fraction of sp³-hybridized carbons (Fsp3) is 0.318. The van der Waals surface area contributed by atoms with Crippen LogP contribution in [0.5, 0.6) is 0 Å². The molecule has 0 saturated heterocycles. The molecule has 0 bridgehead atoms. The summed E-state index contributed by atoms with van der Waals surface area (Å²) in [4.78, 5) is 26.7. The van der Waals surface area contributed by atoms with E-state index in [-0.39, 0.29) is 5.69 Å². The van der Waals surface area contributed by atoms with E-state index in [2.05, 4.69) is 10.5 Å². The number of nitrogens with one attached hydrogen (secondary N) is 1. The number of hydrogen-bond acceptors (Lipinski definition) is 6. The van der Waals surface area contributed by atoms with E-state index in [4.69, 9.17) is 13.7 Å². The SMILES string of the molecule is CCN(Cc1ccccc1NC(=O)c1cc(-c2ccco2)on1)C(=O)OC(C)(C)C. The van der Waals surface area contributed by atoms with Crippen LogP contribution in [0.25, 0.3) is 11.5 Å². The Morgan fingerprint density at radius 3 is 2.57 bits per heavy atom. The molecule has 0 atom stereocenters. The van der Waals surface area contributed by atoms with Crippen molar-refractivity contribution in [1.82, 2.24) is 10.1 Å². The van der Waals surface area contributed by atoms with Crippen LogP contribution in [0.2, 0.25) is 0 Å². The quantitative estimate of drug-likeness (QED) is 0.617. The Balaban J connectivity index is 1.73. The molecule has 3 aromatic rings. The summed E-state index contributed by atoms with van der Waals surface area (Å²) in [6.07, 6.45) is 1.10. The Labute approximate surface area is 174 Å². The summed E-state index contributed by atoms with van der Waals surface area (Å²) < 4.78 is 15.9. The summed E-state index contributed by atoms with van der Waals surface area (Å²) in [7, 11) is 0. The van der Waals surface area contributed by atoms with Crippen LogP contribution in [0.15, 0.2) is 57.7 Å². The number of nitrogens with zero attached hydrogens (tertiary/aromatic N) is 2. The van der Waals surface area contributed by atoms with Gasteiger partial charge in [-0.3, -0.25) is 4.79 Å². The third-order valence-corrected chi connectivity index (χ3v) is 4.17. The smallest absolute Gasteiger partial charge is 0.410 e. The zero-order valence-electron chi connectivity index (χ0n) is 17.5. The van der Waals surface area contributed by atoms with Gasteiger partial charge < -0.3 is 23.9 Å². The molecule has 0 aliphatic heterocycles. The lowest BCUT2D eigenvalue weighted by atomic mass is 10.1. The molecular weight excluding hydrogens is 386 g/mol. The number of benzene rings is 1. The van der Waals surface area contributed by atoms with Gasteiger partial charge in [-0.05, 0) is 51.5 Å². The zero-order chi connectivity index (χ0) is 21.7. The summed E-state index contributed by atoms with van der Waals surface area (Å²) in [5.41, 5.74) is 0.882. The van der Waals surface area contributed by atoms with Crippen molar-refractivity contribution in [3.05, 3.63) is 60.0 Å². The van der Waals surface area contributed by atoms with Crippen LogP contribution >= 0.6 is 0 Å². The highest BCUT2D eigenvalue weighted by Crippen LogP contribution is 2.23. The fourth-order valence-electron chi connectivity index (χ4n) is 2.72. The summed E-state index contributed by atoms with van der Waals surface area (Å²) >= 11 is 0. The second-order valence-corrected chi connectivity index (χ2v) is 7.66. The molecular formula is C22H25N3O5. The van der Waals surface area contributed by atoms with Gasteiger partial charge in [-0.15, -0.1) is 0 Å². The number of ether oxygens (including phenoxy) is 1. The topological polar surface area (TPSA) is 97.8 Å². The summed E-state index contributed by atoms with van der Waals surface area (Å²) in [6.45, 7) is 8.09. The maximum Gasteiger partial charge on any atom is 0.410 e. The Kier molecular flexibility index (Phi) is 6.25. The minimum Gasteiger partial charge on any atom is -0.461 e. The molecule has 0 saturated carbocycles. The van der Waals surface area contributed by atoms with Crippen LogP contribution in [-0.2, 0) is 11.3 Å². The summed E-state index contributed by atoms with van der Waals surface area (Å²) in [5.74, 6) is 0.419. The Bertz CT molecular complexity index is 1000. The highest BCUT2D eigenvalue weighted by Gasteiger charge is 2.22. The maximum absolute atomic E-state index is 12.7. The number of anilines is 1. The van der Waals surface area contributed by atoms with Gasteiger partial charge in [0.15, 0.2) is 11.5 Å². The first kappa shape index (κ1) is 21.2. The maximum atomic E-state index is 12.7. The highest BCUT2D eigenvalue weighted by atomic mass is 16.6. The molecule has 0 unspecified atom stereocenters. The molecule has 0 aliphatic rings. The predicted octanol–water partition coefficient (Wildman–Crippen LogP) is 4.94. The number of rotatable bonds is 6. The van der Waals surface area contributed by atoms with Crippen molar-refractivity contribution in [3.8, 4) is 11.5 Å². The molecule has 30 heavy (non-hydrogen) atoms. The van der Waals surface area contributed by atoms with Crippen LogP contribution in [0.1, 0.15) is 43.7 Å². The van der Waals surface area contributed by atoms with E-state index in [1.165, 1.54) is 12.3 Å². The molecule has 2 heterocycles. The first-order valence-corrected chi connectivity index (χ1v) is 9.64. The van der Waals surface area contributed by atoms with Crippen molar-refractivity contribution in [1.29, 1.82) is 0 Å². The normalized spacial score (nSPS) is 11.2. The van der Waals surface area contributed by atoms with E-state index in [0.717, 1.165) is 5.56 Å². The van der Waals surface area contributed by atoms with Crippen LogP contribution in [0.4, 0.5) is 10.5 Å². The lowest BCUT2D eigenvalue weighted by molar-refractivity contribution is 0.0245.